The van der Waals surface area contributed by atoms with Crippen molar-refractivity contribution in [1.29, 1.82) is 0 Å². The van der Waals surface area contributed by atoms with Crippen LogP contribution >= 0.6 is 0 Å². The number of amides is 1. The molecular weight excluding hydrogens is 278 g/mol. The number of carbonyl (C=O) groups is 1. The van der Waals surface area contributed by atoms with Gasteiger partial charge in [0.15, 0.2) is 0 Å². The highest BCUT2D eigenvalue weighted by Crippen LogP contribution is 2.22. The molecule has 1 unspecified atom stereocenters. The van der Waals surface area contributed by atoms with Gasteiger partial charge < -0.3 is 9.84 Å². The lowest BCUT2D eigenvalue weighted by Gasteiger charge is -2.14. The second-order valence-electron chi connectivity index (χ2n) is 5.37. The minimum absolute atomic E-state index is 0.0858. The van der Waals surface area contributed by atoms with Crippen molar-refractivity contribution in [3.8, 4) is 0 Å². The van der Waals surface area contributed by atoms with Crippen molar-refractivity contribution in [2.24, 2.45) is 0 Å². The number of rotatable bonds is 3. The zero-order valence-electron chi connectivity index (χ0n) is 12.8. The van der Waals surface area contributed by atoms with E-state index in [0.717, 1.165) is 11.3 Å². The van der Waals surface area contributed by atoms with Gasteiger partial charge in [0, 0.05) is 5.69 Å². The minimum atomic E-state index is -0.154. The van der Waals surface area contributed by atoms with Crippen LogP contribution in [0.1, 0.15) is 40.3 Å². The standard InChI is InChI=1S/C17H17N3O2/c1-10-9-14(15-12(3)20-22-17(15)18-10)16(21)19-11(2)13-7-5-4-6-8-13/h4-9,11H,1-3H3,(H,19,21). The van der Waals surface area contributed by atoms with E-state index < -0.39 is 0 Å². The van der Waals surface area contributed by atoms with Crippen LogP contribution in [0.2, 0.25) is 0 Å². The number of benzene rings is 1. The Morgan fingerprint density at radius 1 is 1.23 bits per heavy atom. The molecule has 1 aromatic carbocycles. The van der Waals surface area contributed by atoms with E-state index in [9.17, 15) is 4.79 Å². The summed E-state index contributed by atoms with van der Waals surface area (Å²) < 4.78 is 5.17. The molecule has 2 aromatic heterocycles. The van der Waals surface area contributed by atoms with Gasteiger partial charge in [-0.15, -0.1) is 0 Å². The number of aryl methyl sites for hydroxylation is 2. The van der Waals surface area contributed by atoms with Crippen molar-refractivity contribution in [3.63, 3.8) is 0 Å². The third kappa shape index (κ3) is 2.57. The molecule has 3 rings (SSSR count). The fourth-order valence-electron chi connectivity index (χ4n) is 2.50. The fraction of sp³-hybridized carbons (Fsp3) is 0.235. The quantitative estimate of drug-likeness (QED) is 0.804. The molecule has 0 spiro atoms. The number of carbonyl (C=O) groups excluding carboxylic acids is 1. The lowest BCUT2D eigenvalue weighted by atomic mass is 10.1. The largest absolute Gasteiger partial charge is 0.345 e. The molecule has 2 heterocycles. The molecule has 112 valence electrons. The first-order valence-electron chi connectivity index (χ1n) is 7.15. The molecule has 0 radical (unpaired) electrons. The number of hydrogen-bond acceptors (Lipinski definition) is 4. The summed E-state index contributed by atoms with van der Waals surface area (Å²) in [6.07, 6.45) is 0. The Balaban J connectivity index is 1.94. The summed E-state index contributed by atoms with van der Waals surface area (Å²) in [5, 5.41) is 7.58. The second-order valence-corrected chi connectivity index (χ2v) is 5.37. The van der Waals surface area contributed by atoms with E-state index in [-0.39, 0.29) is 11.9 Å². The first-order chi connectivity index (χ1) is 10.6. The van der Waals surface area contributed by atoms with Gasteiger partial charge in [0.05, 0.1) is 22.7 Å². The van der Waals surface area contributed by atoms with Crippen LogP contribution in [0, 0.1) is 13.8 Å². The fourth-order valence-corrected chi connectivity index (χ4v) is 2.50. The summed E-state index contributed by atoms with van der Waals surface area (Å²) in [5.74, 6) is -0.154. The van der Waals surface area contributed by atoms with E-state index in [0.29, 0.717) is 22.4 Å². The van der Waals surface area contributed by atoms with Gasteiger partial charge in [0.2, 0.25) is 0 Å². The molecular formula is C17H17N3O2. The Morgan fingerprint density at radius 2 is 1.95 bits per heavy atom. The smallest absolute Gasteiger partial charge is 0.258 e. The molecule has 1 N–H and O–H groups in total. The van der Waals surface area contributed by atoms with E-state index in [1.54, 1.807) is 13.0 Å². The SMILES string of the molecule is Cc1cc(C(=O)NC(C)c2ccccc2)c2c(C)noc2n1. The van der Waals surface area contributed by atoms with Crippen LogP contribution in [-0.2, 0) is 0 Å². The average Bonchev–Trinajstić information content (AvgIpc) is 2.88. The van der Waals surface area contributed by atoms with Crippen molar-refractivity contribution < 1.29 is 9.32 Å². The van der Waals surface area contributed by atoms with E-state index in [2.05, 4.69) is 15.5 Å². The zero-order chi connectivity index (χ0) is 15.7. The Morgan fingerprint density at radius 3 is 2.68 bits per heavy atom. The van der Waals surface area contributed by atoms with Crippen molar-refractivity contribution in [2.45, 2.75) is 26.8 Å². The van der Waals surface area contributed by atoms with Crippen molar-refractivity contribution in [2.75, 3.05) is 0 Å². The number of nitrogens with zero attached hydrogens (tertiary/aromatic N) is 2. The van der Waals surface area contributed by atoms with E-state index in [4.69, 9.17) is 4.52 Å². The third-order valence-electron chi connectivity index (χ3n) is 3.64. The molecule has 3 aromatic rings. The molecule has 1 atom stereocenters. The van der Waals surface area contributed by atoms with E-state index in [1.165, 1.54) is 0 Å². The highest BCUT2D eigenvalue weighted by atomic mass is 16.5. The summed E-state index contributed by atoms with van der Waals surface area (Å²) in [6, 6.07) is 11.5. The number of aromatic nitrogens is 2. The molecule has 0 aliphatic rings. The van der Waals surface area contributed by atoms with Gasteiger partial charge in [-0.1, -0.05) is 35.5 Å². The molecule has 0 saturated heterocycles. The highest BCUT2D eigenvalue weighted by molar-refractivity contribution is 6.06. The minimum Gasteiger partial charge on any atom is -0.345 e. The average molecular weight is 295 g/mol. The number of pyridine rings is 1. The summed E-state index contributed by atoms with van der Waals surface area (Å²) in [4.78, 5) is 16.9. The first kappa shape index (κ1) is 14.3. The van der Waals surface area contributed by atoms with Crippen molar-refractivity contribution in [1.82, 2.24) is 15.5 Å². The summed E-state index contributed by atoms with van der Waals surface area (Å²) in [5.41, 5.74) is 3.39. The van der Waals surface area contributed by atoms with Gasteiger partial charge in [0.1, 0.15) is 0 Å². The molecule has 22 heavy (non-hydrogen) atoms. The van der Waals surface area contributed by atoms with Crippen LogP contribution in [0.3, 0.4) is 0 Å². The lowest BCUT2D eigenvalue weighted by Crippen LogP contribution is -2.27. The summed E-state index contributed by atoms with van der Waals surface area (Å²) in [7, 11) is 0. The molecule has 0 fully saturated rings. The maximum Gasteiger partial charge on any atom is 0.258 e. The highest BCUT2D eigenvalue weighted by Gasteiger charge is 2.19. The van der Waals surface area contributed by atoms with Crippen molar-refractivity contribution in [3.05, 3.63) is 58.9 Å². The number of nitrogens with one attached hydrogen (secondary N) is 1. The summed E-state index contributed by atoms with van der Waals surface area (Å²) in [6.45, 7) is 5.59. The Kier molecular flexibility index (Phi) is 3.63. The van der Waals surface area contributed by atoms with Crippen LogP contribution in [-0.4, -0.2) is 16.0 Å². The van der Waals surface area contributed by atoms with Crippen LogP contribution in [0.25, 0.3) is 11.1 Å². The van der Waals surface area contributed by atoms with Gasteiger partial charge in [-0.2, -0.15) is 0 Å². The predicted octanol–water partition coefficient (Wildman–Crippen LogP) is 3.33. The van der Waals surface area contributed by atoms with Gasteiger partial charge in [0.25, 0.3) is 11.6 Å². The van der Waals surface area contributed by atoms with Crippen LogP contribution in [0.4, 0.5) is 0 Å². The zero-order valence-corrected chi connectivity index (χ0v) is 12.8. The van der Waals surface area contributed by atoms with Gasteiger partial charge >= 0.3 is 0 Å². The van der Waals surface area contributed by atoms with E-state index in [1.807, 2.05) is 44.2 Å². The Hall–Kier alpha value is -2.69. The van der Waals surface area contributed by atoms with E-state index >= 15 is 0 Å². The monoisotopic (exact) mass is 295 g/mol. The maximum absolute atomic E-state index is 12.6. The topological polar surface area (TPSA) is 68.0 Å². The van der Waals surface area contributed by atoms with Gasteiger partial charge in [-0.25, -0.2) is 4.98 Å². The number of hydrogen-bond donors (Lipinski definition) is 1. The second kappa shape index (κ2) is 5.60. The first-order valence-corrected chi connectivity index (χ1v) is 7.15. The van der Waals surface area contributed by atoms with Crippen LogP contribution in [0.15, 0.2) is 40.9 Å². The summed E-state index contributed by atoms with van der Waals surface area (Å²) >= 11 is 0. The molecule has 5 heteroatoms. The third-order valence-corrected chi connectivity index (χ3v) is 3.64. The van der Waals surface area contributed by atoms with Crippen LogP contribution < -0.4 is 5.32 Å². The predicted molar refractivity (Wildman–Crippen MR) is 83.6 cm³/mol. The van der Waals surface area contributed by atoms with Crippen LogP contribution in [0.5, 0.6) is 0 Å². The molecule has 0 aliphatic heterocycles. The molecule has 0 aliphatic carbocycles. The molecule has 0 saturated carbocycles. The molecule has 5 nitrogen and oxygen atoms in total. The Labute approximate surface area is 128 Å². The normalized spacial score (nSPS) is 12.3. The van der Waals surface area contributed by atoms with Gasteiger partial charge in [-0.3, -0.25) is 4.79 Å². The molecule has 1 amide bonds. The molecule has 0 bridgehead atoms. The van der Waals surface area contributed by atoms with Gasteiger partial charge in [-0.05, 0) is 32.4 Å². The maximum atomic E-state index is 12.6. The van der Waals surface area contributed by atoms with Crippen molar-refractivity contribution >= 4 is 17.0 Å². The lowest BCUT2D eigenvalue weighted by molar-refractivity contribution is 0.0941. The Bertz CT molecular complexity index is 825. The number of fused-ring (bicyclic) bond motifs is 1.